The van der Waals surface area contributed by atoms with Crippen LogP contribution in [0.4, 0.5) is 0 Å². The molecule has 3 aliphatic rings. The molecule has 1 fully saturated rings. The molecule has 196 valence electrons. The first-order valence-electron chi connectivity index (χ1n) is 11.2. The average molecular weight is 508 g/mol. The molecule has 0 radical (unpaired) electrons. The fourth-order valence-electron chi connectivity index (χ4n) is 4.08. The zero-order valence-electron chi connectivity index (χ0n) is 19.5. The Morgan fingerprint density at radius 1 is 1.08 bits per heavy atom. The summed E-state index contributed by atoms with van der Waals surface area (Å²) < 4.78 is 11.7. The van der Waals surface area contributed by atoms with Crippen molar-refractivity contribution in [1.29, 1.82) is 0 Å². The van der Waals surface area contributed by atoms with E-state index in [1.807, 2.05) is 13.8 Å². The van der Waals surface area contributed by atoms with Crippen LogP contribution in [0, 0.1) is 13.8 Å². The summed E-state index contributed by atoms with van der Waals surface area (Å²) in [6.07, 6.45) is -10.4. The zero-order valence-corrected chi connectivity index (χ0v) is 19.5. The van der Waals surface area contributed by atoms with Crippen LogP contribution < -0.4 is 11.2 Å². The summed E-state index contributed by atoms with van der Waals surface area (Å²) in [6, 6.07) is 3.47. The molecule has 0 aromatic heterocycles. The first-order valence-corrected chi connectivity index (χ1v) is 11.2. The fourth-order valence-corrected chi connectivity index (χ4v) is 4.08. The van der Waals surface area contributed by atoms with Crippen LogP contribution in [0.5, 0.6) is 0 Å². The van der Waals surface area contributed by atoms with Crippen molar-refractivity contribution < 1.29 is 40.1 Å². The number of H-pyrrole nitrogens is 1. The van der Waals surface area contributed by atoms with E-state index in [-0.39, 0.29) is 18.1 Å². The number of hydrogen-bond donors (Lipinski definition) is 7. The maximum Gasteiger partial charge on any atom is 0.349 e. The number of nitrogens with one attached hydrogen (secondary N) is 1. The second-order valence-corrected chi connectivity index (χ2v) is 8.86. The number of benzene rings is 1. The highest BCUT2D eigenvalue weighted by Gasteiger charge is 2.43. The normalized spacial score (nSPS) is 24.9. The van der Waals surface area contributed by atoms with E-state index < -0.39 is 67.4 Å². The van der Waals surface area contributed by atoms with Gasteiger partial charge in [-0.05, 0) is 37.1 Å². The molecular formula is C22H28N4O10. The Bertz CT molecular complexity index is 1330. The first kappa shape index (κ1) is 26.2. The van der Waals surface area contributed by atoms with Crippen molar-refractivity contribution in [3.63, 3.8) is 0 Å². The number of ether oxygens (including phenoxy) is 2. The molecule has 7 N–H and O–H groups in total. The van der Waals surface area contributed by atoms with E-state index in [4.69, 9.17) is 14.6 Å². The summed E-state index contributed by atoms with van der Waals surface area (Å²) in [7, 11) is 0. The van der Waals surface area contributed by atoms with Gasteiger partial charge in [0.1, 0.15) is 36.6 Å². The Kier molecular flexibility index (Phi) is 7.49. The smallest absolute Gasteiger partial charge is 0.349 e. The number of fused-ring (bicyclic) bond motifs is 2. The lowest BCUT2D eigenvalue weighted by Gasteiger charge is -2.26. The highest BCUT2D eigenvalue weighted by Crippen LogP contribution is 2.25. The SMILES string of the molecule is Cc1cc2nc3c(=O)[nH]c(=O)nc-3n(C[C@H](O)[C@H](O)[C@H](O)COC3OC(CO)C(O)C3O)c2cc1C. The standard InChI is InChI=1S/C22H28N4O10/c1-8-3-10-11(4-9(8)2)26(19-15(23-10)20(33)25-22(34)24-19)5-12(28)16(30)13(29)7-35-21-18(32)17(31)14(6-27)36-21/h3-4,12-14,16-18,21,27-32H,5-7H2,1-2H3,(H,25,33,34)/t12-,13+,14?,16-,17?,18?,21?/m0/s1. The quantitative estimate of drug-likeness (QED) is 0.149. The Labute approximate surface area is 203 Å². The highest BCUT2D eigenvalue weighted by atomic mass is 16.7. The third-order valence-electron chi connectivity index (χ3n) is 6.31. The van der Waals surface area contributed by atoms with E-state index in [2.05, 4.69) is 15.0 Å². The van der Waals surface area contributed by atoms with Crippen LogP contribution in [0.2, 0.25) is 0 Å². The van der Waals surface area contributed by atoms with Gasteiger partial charge in [0.25, 0.3) is 5.56 Å². The van der Waals surface area contributed by atoms with Crippen LogP contribution in [0.3, 0.4) is 0 Å². The Morgan fingerprint density at radius 2 is 1.78 bits per heavy atom. The Morgan fingerprint density at radius 3 is 2.44 bits per heavy atom. The third-order valence-corrected chi connectivity index (χ3v) is 6.31. The summed E-state index contributed by atoms with van der Waals surface area (Å²) in [4.78, 5) is 34.5. The van der Waals surface area contributed by atoms with Crippen LogP contribution in [0.15, 0.2) is 21.7 Å². The number of nitrogens with zero attached hydrogens (tertiary/aromatic N) is 3. The fraction of sp³-hybridized carbons (Fsp3) is 0.545. The van der Waals surface area contributed by atoms with Crippen molar-refractivity contribution in [2.45, 2.75) is 63.3 Å². The second kappa shape index (κ2) is 10.3. The molecule has 4 rings (SSSR count). The van der Waals surface area contributed by atoms with E-state index in [9.17, 15) is 35.1 Å². The molecule has 0 saturated carbocycles. The molecule has 3 aliphatic heterocycles. The molecule has 0 bridgehead atoms. The summed E-state index contributed by atoms with van der Waals surface area (Å²) in [5.74, 6) is -0.108. The van der Waals surface area contributed by atoms with Gasteiger partial charge in [0.15, 0.2) is 17.8 Å². The topological polar surface area (TPSA) is 220 Å². The largest absolute Gasteiger partial charge is 0.394 e. The molecule has 1 saturated heterocycles. The van der Waals surface area contributed by atoms with E-state index in [0.717, 1.165) is 11.1 Å². The monoisotopic (exact) mass is 508 g/mol. The number of aliphatic hydroxyl groups excluding tert-OH is 6. The highest BCUT2D eigenvalue weighted by molar-refractivity contribution is 5.81. The molecule has 0 amide bonds. The number of hydrogen-bond acceptors (Lipinski definition) is 12. The number of rotatable bonds is 8. The number of aryl methyl sites for hydroxylation is 2. The number of aromatic amines is 1. The van der Waals surface area contributed by atoms with E-state index >= 15 is 0 Å². The maximum atomic E-state index is 12.4. The molecule has 0 aliphatic carbocycles. The zero-order chi connectivity index (χ0) is 26.3. The minimum absolute atomic E-state index is 0.108. The van der Waals surface area contributed by atoms with E-state index in [1.54, 1.807) is 12.1 Å². The summed E-state index contributed by atoms with van der Waals surface area (Å²) in [5, 5.41) is 60.5. The van der Waals surface area contributed by atoms with Gasteiger partial charge in [0.05, 0.1) is 30.8 Å². The predicted molar refractivity (Wildman–Crippen MR) is 122 cm³/mol. The Balaban J connectivity index is 1.58. The van der Waals surface area contributed by atoms with Crippen LogP contribution in [0.1, 0.15) is 11.1 Å². The summed E-state index contributed by atoms with van der Waals surface area (Å²) in [6.45, 7) is 2.18. The van der Waals surface area contributed by atoms with E-state index in [0.29, 0.717) is 11.0 Å². The summed E-state index contributed by atoms with van der Waals surface area (Å²) >= 11 is 0. The Hall–Kier alpha value is -2.82. The van der Waals surface area contributed by atoms with Crippen molar-refractivity contribution in [3.05, 3.63) is 44.1 Å². The molecule has 36 heavy (non-hydrogen) atoms. The molecular weight excluding hydrogens is 480 g/mol. The van der Waals surface area contributed by atoms with Crippen molar-refractivity contribution in [2.24, 2.45) is 0 Å². The second-order valence-electron chi connectivity index (χ2n) is 8.86. The molecule has 0 spiro atoms. The minimum Gasteiger partial charge on any atom is -0.394 e. The van der Waals surface area contributed by atoms with Crippen molar-refractivity contribution in [1.82, 2.24) is 19.5 Å². The van der Waals surface area contributed by atoms with Crippen LogP contribution in [-0.4, -0.2) is 106 Å². The molecule has 1 aromatic rings. The van der Waals surface area contributed by atoms with Gasteiger partial charge in [0.2, 0.25) is 0 Å². The molecule has 4 unspecified atom stereocenters. The lowest BCUT2D eigenvalue weighted by Crippen LogP contribution is -2.44. The van der Waals surface area contributed by atoms with Gasteiger partial charge in [-0.25, -0.2) is 9.78 Å². The first-order chi connectivity index (χ1) is 17.0. The van der Waals surface area contributed by atoms with Gasteiger partial charge >= 0.3 is 5.69 Å². The molecule has 14 heteroatoms. The minimum atomic E-state index is -1.77. The number of aromatic nitrogens is 4. The lowest BCUT2D eigenvalue weighted by atomic mass is 10.1. The van der Waals surface area contributed by atoms with Crippen molar-refractivity contribution in [3.8, 4) is 11.5 Å². The molecule has 3 heterocycles. The van der Waals surface area contributed by atoms with Gasteiger partial charge in [-0.1, -0.05) is 0 Å². The van der Waals surface area contributed by atoms with Gasteiger partial charge in [0, 0.05) is 0 Å². The predicted octanol–water partition coefficient (Wildman–Crippen LogP) is -3.26. The van der Waals surface area contributed by atoms with Gasteiger partial charge in [-0.3, -0.25) is 9.78 Å². The van der Waals surface area contributed by atoms with Gasteiger partial charge in [-0.15, -0.1) is 0 Å². The van der Waals surface area contributed by atoms with Gasteiger partial charge < -0.3 is 44.7 Å². The molecule has 14 nitrogen and oxygen atoms in total. The summed E-state index contributed by atoms with van der Waals surface area (Å²) in [5.41, 5.74) is 0.780. The van der Waals surface area contributed by atoms with Gasteiger partial charge in [-0.2, -0.15) is 4.98 Å². The van der Waals surface area contributed by atoms with Crippen LogP contribution in [-0.2, 0) is 16.0 Å². The van der Waals surface area contributed by atoms with Crippen molar-refractivity contribution in [2.75, 3.05) is 13.2 Å². The number of aliphatic hydroxyl groups is 6. The average Bonchev–Trinajstić information content (AvgIpc) is 3.11. The molecule has 7 atom stereocenters. The maximum absolute atomic E-state index is 12.4. The van der Waals surface area contributed by atoms with Crippen LogP contribution >= 0.6 is 0 Å². The van der Waals surface area contributed by atoms with Crippen molar-refractivity contribution >= 4 is 11.0 Å². The van der Waals surface area contributed by atoms with E-state index in [1.165, 1.54) is 4.57 Å². The third kappa shape index (κ3) is 4.89. The molecule has 1 aromatic carbocycles. The van der Waals surface area contributed by atoms with Crippen LogP contribution in [0.25, 0.3) is 22.6 Å². The lowest BCUT2D eigenvalue weighted by molar-refractivity contribution is -0.193.